The number of allylic oxidation sites excluding steroid dienone is 8. The smallest absolute Gasteiger partial charge is 0.462 e. The third kappa shape index (κ3) is 43.4. The molecular weight excluding hydrogens is 737 g/mol. The quantitative estimate of drug-likeness (QED) is 0.0267. The molecule has 0 fully saturated rings. The molecule has 10 heteroatoms. The number of phosphoric ester groups is 1. The van der Waals surface area contributed by atoms with E-state index in [0.717, 1.165) is 44.9 Å². The Hall–Kier alpha value is -2.03. The van der Waals surface area contributed by atoms with Crippen molar-refractivity contribution in [2.24, 2.45) is 5.73 Å². The fraction of sp³-hybridized carbons (Fsp3) is 0.787. The monoisotopic (exact) mass is 824 g/mol. The predicted molar refractivity (Wildman–Crippen MR) is 238 cm³/mol. The Morgan fingerprint density at radius 2 is 0.930 bits per heavy atom. The number of phosphoric acid groups is 1. The van der Waals surface area contributed by atoms with Gasteiger partial charge in [0.15, 0.2) is 6.10 Å². The molecule has 0 bridgehead atoms. The van der Waals surface area contributed by atoms with Crippen LogP contribution in [0, 0.1) is 0 Å². The lowest BCUT2D eigenvalue weighted by molar-refractivity contribution is -0.161. The van der Waals surface area contributed by atoms with Crippen molar-refractivity contribution in [2.45, 2.75) is 213 Å². The molecule has 0 amide bonds. The number of hydrogen-bond donors (Lipinski definition) is 2. The number of nitrogens with two attached hydrogens (primary N) is 1. The zero-order chi connectivity index (χ0) is 41.8. The first-order valence-electron chi connectivity index (χ1n) is 23.1. The second-order valence-electron chi connectivity index (χ2n) is 15.3. The Labute approximate surface area is 349 Å². The summed E-state index contributed by atoms with van der Waals surface area (Å²) in [4.78, 5) is 34.9. The average Bonchev–Trinajstić information content (AvgIpc) is 3.20. The van der Waals surface area contributed by atoms with E-state index in [1.165, 1.54) is 122 Å². The zero-order valence-electron chi connectivity index (χ0n) is 36.6. The highest BCUT2D eigenvalue weighted by molar-refractivity contribution is 7.47. The number of rotatable bonds is 43. The van der Waals surface area contributed by atoms with Crippen molar-refractivity contribution in [2.75, 3.05) is 26.4 Å². The maximum atomic E-state index is 12.6. The summed E-state index contributed by atoms with van der Waals surface area (Å²) >= 11 is 0. The van der Waals surface area contributed by atoms with Gasteiger partial charge in [-0.3, -0.25) is 18.6 Å². The van der Waals surface area contributed by atoms with Gasteiger partial charge in [0.25, 0.3) is 0 Å². The normalized spacial score (nSPS) is 13.7. The third-order valence-corrected chi connectivity index (χ3v) is 10.7. The first kappa shape index (κ1) is 55.0. The molecule has 0 aromatic heterocycles. The Morgan fingerprint density at radius 1 is 0.526 bits per heavy atom. The maximum Gasteiger partial charge on any atom is 0.472 e. The lowest BCUT2D eigenvalue weighted by Gasteiger charge is -2.19. The van der Waals surface area contributed by atoms with Crippen LogP contribution in [0.2, 0.25) is 0 Å². The molecule has 2 atom stereocenters. The van der Waals surface area contributed by atoms with E-state index in [4.69, 9.17) is 24.3 Å². The van der Waals surface area contributed by atoms with Crippen LogP contribution in [-0.2, 0) is 32.7 Å². The van der Waals surface area contributed by atoms with E-state index in [0.29, 0.717) is 12.8 Å². The van der Waals surface area contributed by atoms with Crippen LogP contribution in [0.25, 0.3) is 0 Å². The van der Waals surface area contributed by atoms with Crippen LogP contribution in [0.15, 0.2) is 48.6 Å². The van der Waals surface area contributed by atoms with Crippen molar-refractivity contribution in [3.8, 4) is 0 Å². The Morgan fingerprint density at radius 3 is 1.40 bits per heavy atom. The second-order valence-corrected chi connectivity index (χ2v) is 16.7. The summed E-state index contributed by atoms with van der Waals surface area (Å²) in [5.41, 5.74) is 5.35. The van der Waals surface area contributed by atoms with E-state index in [9.17, 15) is 19.0 Å². The topological polar surface area (TPSA) is 134 Å². The van der Waals surface area contributed by atoms with Crippen LogP contribution in [0.1, 0.15) is 206 Å². The number of unbranched alkanes of at least 4 members (excludes halogenated alkanes) is 22. The van der Waals surface area contributed by atoms with Crippen molar-refractivity contribution in [3.05, 3.63) is 48.6 Å². The van der Waals surface area contributed by atoms with Crippen LogP contribution in [-0.4, -0.2) is 49.3 Å². The minimum Gasteiger partial charge on any atom is -0.462 e. The minimum atomic E-state index is -4.39. The lowest BCUT2D eigenvalue weighted by Crippen LogP contribution is -2.29. The molecule has 9 nitrogen and oxygen atoms in total. The maximum absolute atomic E-state index is 12.6. The highest BCUT2D eigenvalue weighted by Gasteiger charge is 2.26. The first-order chi connectivity index (χ1) is 27.8. The first-order valence-corrected chi connectivity index (χ1v) is 24.6. The van der Waals surface area contributed by atoms with Gasteiger partial charge in [0.05, 0.1) is 13.2 Å². The van der Waals surface area contributed by atoms with Gasteiger partial charge >= 0.3 is 19.8 Å². The van der Waals surface area contributed by atoms with E-state index in [2.05, 4.69) is 62.5 Å². The van der Waals surface area contributed by atoms with E-state index < -0.39 is 32.5 Å². The Bertz CT molecular complexity index is 1080. The minimum absolute atomic E-state index is 0.0461. The fourth-order valence-corrected chi connectivity index (χ4v) is 7.04. The van der Waals surface area contributed by atoms with Gasteiger partial charge in [-0.2, -0.15) is 0 Å². The standard InChI is InChI=1S/C47H86NO8P/c1-3-5-7-9-11-13-15-17-19-21-22-24-26-28-30-32-34-36-38-40-47(50)56-45(44-55-57(51,52)54-42-41-48)43-53-46(49)39-37-35-33-31-29-27-25-23-20-18-16-14-12-10-8-6-4-2/h12,14,18,20,25,27,31,33,45H,3-11,13,15-17,19,21-24,26,28-30,32,34-44,48H2,1-2H3,(H,51,52)/t45-/m1/s1. The van der Waals surface area contributed by atoms with E-state index in [-0.39, 0.29) is 32.6 Å². The average molecular weight is 824 g/mol. The summed E-state index contributed by atoms with van der Waals surface area (Å²) in [6, 6.07) is 0. The van der Waals surface area contributed by atoms with Crippen molar-refractivity contribution < 1.29 is 37.6 Å². The van der Waals surface area contributed by atoms with Gasteiger partial charge in [-0.05, 0) is 51.4 Å². The van der Waals surface area contributed by atoms with Crippen molar-refractivity contribution in [1.29, 1.82) is 0 Å². The summed E-state index contributed by atoms with van der Waals surface area (Å²) in [5, 5.41) is 0. The molecule has 0 saturated carbocycles. The number of ether oxygens (including phenoxy) is 2. The summed E-state index contributed by atoms with van der Waals surface area (Å²) in [5.74, 6) is -0.889. The molecule has 332 valence electrons. The molecule has 0 aliphatic carbocycles. The highest BCUT2D eigenvalue weighted by Crippen LogP contribution is 2.43. The largest absolute Gasteiger partial charge is 0.472 e. The molecule has 0 rings (SSSR count). The number of hydrogen-bond acceptors (Lipinski definition) is 8. The summed E-state index contributed by atoms with van der Waals surface area (Å²) in [6.07, 6.45) is 50.1. The predicted octanol–water partition coefficient (Wildman–Crippen LogP) is 13.5. The van der Waals surface area contributed by atoms with E-state index in [1.807, 2.05) is 0 Å². The molecule has 0 heterocycles. The summed E-state index contributed by atoms with van der Waals surface area (Å²) in [7, 11) is -4.39. The fourth-order valence-electron chi connectivity index (χ4n) is 6.27. The molecule has 1 unspecified atom stereocenters. The molecule has 0 aromatic rings. The second kappa shape index (κ2) is 43.5. The van der Waals surface area contributed by atoms with Gasteiger partial charge in [-0.1, -0.05) is 191 Å². The molecule has 0 radical (unpaired) electrons. The third-order valence-electron chi connectivity index (χ3n) is 9.72. The molecule has 0 aliphatic rings. The van der Waals surface area contributed by atoms with Crippen molar-refractivity contribution in [3.63, 3.8) is 0 Å². The van der Waals surface area contributed by atoms with Gasteiger partial charge in [-0.15, -0.1) is 0 Å². The van der Waals surface area contributed by atoms with Crippen molar-refractivity contribution in [1.82, 2.24) is 0 Å². The molecule has 3 N–H and O–H groups in total. The van der Waals surface area contributed by atoms with Crippen LogP contribution in [0.4, 0.5) is 0 Å². The SMILES string of the molecule is CCCCCC=CCC=CCC=CCC=CCCCC(=O)OC[C@H](COP(=O)(O)OCCN)OC(=O)CCCCCCCCCCCCCCCCCCCCC. The molecule has 57 heavy (non-hydrogen) atoms. The molecule has 0 aromatic carbocycles. The summed E-state index contributed by atoms with van der Waals surface area (Å²) < 4.78 is 32.8. The molecule has 0 spiro atoms. The molecule has 0 saturated heterocycles. The Balaban J connectivity index is 4.18. The van der Waals surface area contributed by atoms with Crippen LogP contribution >= 0.6 is 7.82 Å². The highest BCUT2D eigenvalue weighted by atomic mass is 31.2. The van der Waals surface area contributed by atoms with Gasteiger partial charge in [0.2, 0.25) is 0 Å². The number of carbonyl (C=O) groups is 2. The molecular formula is C47H86NO8P. The van der Waals surface area contributed by atoms with Gasteiger partial charge in [0.1, 0.15) is 6.61 Å². The van der Waals surface area contributed by atoms with Crippen LogP contribution < -0.4 is 5.73 Å². The Kier molecular flexibility index (Phi) is 42.0. The number of esters is 2. The molecule has 0 aliphatic heterocycles. The zero-order valence-corrected chi connectivity index (χ0v) is 37.5. The van der Waals surface area contributed by atoms with Crippen LogP contribution in [0.5, 0.6) is 0 Å². The van der Waals surface area contributed by atoms with Gasteiger partial charge < -0.3 is 20.1 Å². The summed E-state index contributed by atoms with van der Waals surface area (Å²) in [6.45, 7) is 3.66. The van der Waals surface area contributed by atoms with Gasteiger partial charge in [-0.25, -0.2) is 4.57 Å². The lowest BCUT2D eigenvalue weighted by atomic mass is 10.0. The van der Waals surface area contributed by atoms with E-state index in [1.54, 1.807) is 0 Å². The van der Waals surface area contributed by atoms with Gasteiger partial charge in [0, 0.05) is 19.4 Å². The number of carbonyl (C=O) groups excluding carboxylic acids is 2. The van der Waals surface area contributed by atoms with Crippen LogP contribution in [0.3, 0.4) is 0 Å². The van der Waals surface area contributed by atoms with E-state index >= 15 is 0 Å². The van der Waals surface area contributed by atoms with Crippen molar-refractivity contribution >= 4 is 19.8 Å².